The molecular weight excluding hydrogens is 839 g/mol. The van der Waals surface area contributed by atoms with Gasteiger partial charge in [-0.1, -0.05) is 40.9 Å². The lowest BCUT2D eigenvalue weighted by molar-refractivity contribution is -0.133. The van der Waals surface area contributed by atoms with Crippen LogP contribution in [0.25, 0.3) is 16.7 Å². The molecule has 4 N–H and O–H groups in total. The van der Waals surface area contributed by atoms with Crippen LogP contribution in [0.15, 0.2) is 41.3 Å². The van der Waals surface area contributed by atoms with Crippen molar-refractivity contribution in [3.63, 3.8) is 0 Å². The van der Waals surface area contributed by atoms with Gasteiger partial charge in [0.2, 0.25) is 5.36 Å². The molecule has 3 aromatic carbocycles. The maximum Gasteiger partial charge on any atom is 0.337 e. The van der Waals surface area contributed by atoms with Crippen LogP contribution < -0.4 is 24.8 Å². The van der Waals surface area contributed by atoms with E-state index in [9.17, 15) is 45.7 Å². The third kappa shape index (κ3) is 7.50. The first kappa shape index (κ1) is 41.0. The van der Waals surface area contributed by atoms with Crippen LogP contribution in [0.4, 0.5) is 5.69 Å². The van der Waals surface area contributed by atoms with Gasteiger partial charge in [0.15, 0.2) is 5.54 Å². The lowest BCUT2D eigenvalue weighted by atomic mass is 9.83. The fourth-order valence-electron chi connectivity index (χ4n) is 7.09. The van der Waals surface area contributed by atoms with Gasteiger partial charge >= 0.3 is 11.9 Å². The molecule has 0 aliphatic carbocycles. The van der Waals surface area contributed by atoms with Gasteiger partial charge in [-0.25, -0.2) is 9.37 Å². The van der Waals surface area contributed by atoms with E-state index in [1.807, 2.05) is 37.2 Å². The quantitative estimate of drug-likeness (QED) is 0.0707. The van der Waals surface area contributed by atoms with E-state index in [0.717, 1.165) is 0 Å². The number of fused-ring (bicyclic) bond motifs is 4. The van der Waals surface area contributed by atoms with Crippen molar-refractivity contribution in [3.05, 3.63) is 89.9 Å². The highest BCUT2D eigenvalue weighted by atomic mass is 35.5. The number of likely N-dealkylation sites (N-methyl/N-ethyl adjacent to an activating group) is 2. The number of aromatic carboxylic acids is 1. The third-order valence-electron chi connectivity index (χ3n) is 9.91. The number of nitrogens with zero attached hydrogens (tertiary/aromatic N) is 2. The van der Waals surface area contributed by atoms with E-state index in [-0.39, 0.29) is 59.5 Å². The number of benzene rings is 3. The highest BCUT2D eigenvalue weighted by Crippen LogP contribution is 2.51. The summed E-state index contributed by atoms with van der Waals surface area (Å²) in [5.74, 6) is -4.44. The number of rotatable bonds is 9. The summed E-state index contributed by atoms with van der Waals surface area (Å²) >= 11 is 21.0. The molecule has 0 amide bonds. The van der Waals surface area contributed by atoms with Crippen molar-refractivity contribution in [1.82, 2.24) is 4.58 Å². The van der Waals surface area contributed by atoms with Crippen molar-refractivity contribution in [1.29, 1.82) is 0 Å². The molecule has 3 aliphatic rings. The lowest BCUT2D eigenvalue weighted by Crippen LogP contribution is -2.47. The van der Waals surface area contributed by atoms with Crippen molar-refractivity contribution in [2.45, 2.75) is 43.7 Å². The standard InChI is InChI=1S/C36H33Cl3N2O11S3/c1-35(2)11-16(14-54(46,47)48)18-7-20-24(9-22(18)40(35)5)52-25-10-23-19(17(15-55(49,50)51)12-36(3,4)41(23)6)8-21(25)27(20)28-29(34(44)45)30(37)32(39)33(31(28)38)53-13-26(42)43/h7-12H,13-15H2,1-6H3,(H3-,42,43,44,45,46,47,48,49,50,51)/p+1. The van der Waals surface area contributed by atoms with E-state index in [4.69, 9.17) is 39.5 Å². The van der Waals surface area contributed by atoms with Gasteiger partial charge < -0.3 is 19.8 Å². The number of halogens is 3. The molecule has 0 unspecified atom stereocenters. The monoisotopic (exact) mass is 871 g/mol. The minimum absolute atomic E-state index is 0.0318. The number of aliphatic carboxylic acids is 1. The number of carboxylic acids is 2. The Balaban J connectivity index is 1.85. The van der Waals surface area contributed by atoms with Crippen LogP contribution in [-0.2, 0) is 25.0 Å². The van der Waals surface area contributed by atoms with Gasteiger partial charge in [-0.05, 0) is 43.2 Å². The van der Waals surface area contributed by atoms with E-state index in [0.29, 0.717) is 33.9 Å². The SMILES string of the molecule is CN1c2cc3c(cc2C(CS(=O)(=O)O)=CC1(C)C)C(c1c(Cl)c(SCC(=O)O)c(Cl)c(Cl)c1C(=O)O)=c1cc2c(cc1O3)=[N+](C)C(C)(C)C=C2CS(=O)(=O)O. The van der Waals surface area contributed by atoms with Crippen LogP contribution in [0.1, 0.15) is 60.3 Å². The number of hydrogen-bond donors (Lipinski definition) is 4. The van der Waals surface area contributed by atoms with E-state index in [1.165, 1.54) is 0 Å². The largest absolute Gasteiger partial charge is 0.481 e. The van der Waals surface area contributed by atoms with Gasteiger partial charge in [-0.15, -0.1) is 11.8 Å². The summed E-state index contributed by atoms with van der Waals surface area (Å²) in [6.07, 6.45) is 3.37. The van der Waals surface area contributed by atoms with Crippen molar-refractivity contribution in [2.24, 2.45) is 0 Å². The fourth-order valence-corrected chi connectivity index (χ4v) is 10.3. The second-order valence-electron chi connectivity index (χ2n) is 14.4. The first-order chi connectivity index (χ1) is 25.2. The summed E-state index contributed by atoms with van der Waals surface area (Å²) in [5.41, 5.74) is -0.248. The zero-order valence-electron chi connectivity index (χ0n) is 30.0. The first-order valence-electron chi connectivity index (χ1n) is 16.2. The Labute approximate surface area is 335 Å². The number of hydrogen-bond acceptors (Lipinski definition) is 9. The Morgan fingerprint density at radius 1 is 0.836 bits per heavy atom. The molecule has 0 atom stereocenters. The van der Waals surface area contributed by atoms with Crippen LogP contribution in [0.5, 0.6) is 11.5 Å². The molecule has 19 heteroatoms. The minimum Gasteiger partial charge on any atom is -0.481 e. The average Bonchev–Trinajstić information content (AvgIpc) is 3.03. The number of carboxylic acid groups (broad SMARTS) is 2. The van der Waals surface area contributed by atoms with Crippen molar-refractivity contribution in [2.75, 3.05) is 36.3 Å². The second kappa shape index (κ2) is 13.8. The lowest BCUT2D eigenvalue weighted by Gasteiger charge is -2.41. The molecule has 0 saturated carbocycles. The molecule has 0 saturated heterocycles. The molecule has 55 heavy (non-hydrogen) atoms. The van der Waals surface area contributed by atoms with E-state index < -0.39 is 71.1 Å². The van der Waals surface area contributed by atoms with Gasteiger partial charge in [0.25, 0.3) is 20.2 Å². The zero-order valence-corrected chi connectivity index (χ0v) is 34.7. The van der Waals surface area contributed by atoms with Gasteiger partial charge in [0.1, 0.15) is 30.1 Å². The number of carbonyl (C=O) groups is 2. The summed E-state index contributed by atoms with van der Waals surface area (Å²) in [7, 11) is -5.54. The summed E-state index contributed by atoms with van der Waals surface area (Å²) in [6, 6.07) is 6.44. The Hall–Kier alpha value is -3.61. The molecule has 3 aliphatic heterocycles. The van der Waals surface area contributed by atoms with Crippen molar-refractivity contribution >= 4 is 101 Å². The molecule has 3 heterocycles. The van der Waals surface area contributed by atoms with Crippen LogP contribution in [0, 0.1) is 0 Å². The van der Waals surface area contributed by atoms with Gasteiger partial charge in [0.05, 0.1) is 43.6 Å². The highest BCUT2D eigenvalue weighted by molar-refractivity contribution is 8.00. The fraction of sp³-hybridized carbons (Fsp3) is 0.306. The molecule has 13 nitrogen and oxygen atoms in total. The summed E-state index contributed by atoms with van der Waals surface area (Å²) in [4.78, 5) is 26.6. The maximum atomic E-state index is 13.1. The van der Waals surface area contributed by atoms with E-state index in [1.54, 1.807) is 50.5 Å². The molecule has 6 rings (SSSR count). The number of anilines is 1. The molecule has 0 radical (unpaired) electrons. The topological polar surface area (TPSA) is 199 Å². The average molecular weight is 873 g/mol. The van der Waals surface area contributed by atoms with Crippen molar-refractivity contribution < 1.29 is 50.5 Å². The zero-order chi connectivity index (χ0) is 40.9. The highest BCUT2D eigenvalue weighted by Gasteiger charge is 2.39. The molecule has 292 valence electrons. The molecule has 0 bridgehead atoms. The minimum atomic E-state index is -4.56. The van der Waals surface area contributed by atoms with Gasteiger partial charge in [0, 0.05) is 65.0 Å². The van der Waals surface area contributed by atoms with Crippen molar-refractivity contribution in [3.8, 4) is 11.5 Å². The second-order valence-corrected chi connectivity index (χ2v) is 19.5. The molecule has 0 fully saturated rings. The van der Waals surface area contributed by atoms with E-state index >= 15 is 0 Å². The third-order valence-corrected chi connectivity index (χ3v) is 13.8. The van der Waals surface area contributed by atoms with E-state index in [2.05, 4.69) is 0 Å². The smallest absolute Gasteiger partial charge is 0.337 e. The summed E-state index contributed by atoms with van der Waals surface area (Å²) < 4.78 is 77.7. The molecule has 0 aromatic heterocycles. The van der Waals surface area contributed by atoms with Gasteiger partial charge in [-0.2, -0.15) is 16.8 Å². The van der Waals surface area contributed by atoms with Crippen LogP contribution in [-0.4, -0.2) is 90.5 Å². The number of ether oxygens (including phenoxy) is 1. The summed E-state index contributed by atoms with van der Waals surface area (Å²) in [5, 5.41) is 19.9. The first-order valence-corrected chi connectivity index (χ1v) is 21.6. The van der Waals surface area contributed by atoms with Crippen LogP contribution in [0.3, 0.4) is 0 Å². The molecular formula is C36H34Cl3N2O11S3+. The Kier molecular flexibility index (Phi) is 10.3. The summed E-state index contributed by atoms with van der Waals surface area (Å²) in [6.45, 7) is 7.39. The Morgan fingerprint density at radius 3 is 2.00 bits per heavy atom. The molecule has 0 spiro atoms. The Bertz CT molecular complexity index is 2710. The molecule has 3 aromatic rings. The predicted molar refractivity (Wildman–Crippen MR) is 213 cm³/mol. The van der Waals surface area contributed by atoms with Gasteiger partial charge in [-0.3, -0.25) is 13.9 Å². The predicted octanol–water partition coefficient (Wildman–Crippen LogP) is 5.56. The van der Waals surface area contributed by atoms with Crippen LogP contribution >= 0.6 is 46.6 Å². The maximum absolute atomic E-state index is 13.1. The normalized spacial score (nSPS) is 17.0. The number of thioether (sulfide) groups is 1. The Morgan fingerprint density at radius 2 is 1.44 bits per heavy atom. The van der Waals surface area contributed by atoms with Crippen LogP contribution in [0.2, 0.25) is 15.1 Å².